The molecule has 0 saturated heterocycles. The van der Waals surface area contributed by atoms with Gasteiger partial charge in [-0.1, -0.05) is 12.1 Å². The molecule has 8 nitrogen and oxygen atoms in total. The third-order valence-electron chi connectivity index (χ3n) is 5.77. The van der Waals surface area contributed by atoms with E-state index in [1.165, 1.54) is 24.8 Å². The van der Waals surface area contributed by atoms with E-state index in [1.807, 2.05) is 49.4 Å². The topological polar surface area (TPSA) is 91.4 Å². The van der Waals surface area contributed by atoms with Gasteiger partial charge in [0.05, 0.1) is 30.6 Å². The van der Waals surface area contributed by atoms with Gasteiger partial charge in [0.15, 0.2) is 12.1 Å². The SMILES string of the molecule is COc1cccc(C(Oc2ccc3c(cnn3-c3ccc(F)cc3)c2)C(C)NC(=O)c2cocn2)c1. The van der Waals surface area contributed by atoms with Crippen molar-refractivity contribution in [3.8, 4) is 17.2 Å². The molecule has 182 valence electrons. The molecule has 2 heterocycles. The number of benzene rings is 3. The van der Waals surface area contributed by atoms with Crippen LogP contribution >= 0.6 is 0 Å². The number of hydrogen-bond donors (Lipinski definition) is 1. The van der Waals surface area contributed by atoms with Crippen LogP contribution in [0.2, 0.25) is 0 Å². The minimum absolute atomic E-state index is 0.181. The molecule has 2 unspecified atom stereocenters. The van der Waals surface area contributed by atoms with E-state index in [0.29, 0.717) is 11.5 Å². The Balaban J connectivity index is 1.44. The van der Waals surface area contributed by atoms with Gasteiger partial charge in [-0.3, -0.25) is 4.79 Å². The van der Waals surface area contributed by atoms with Crippen LogP contribution < -0.4 is 14.8 Å². The number of oxazole rings is 1. The Morgan fingerprint density at radius 1 is 1.08 bits per heavy atom. The van der Waals surface area contributed by atoms with Crippen LogP contribution in [0, 0.1) is 5.82 Å². The fourth-order valence-electron chi connectivity index (χ4n) is 3.98. The number of nitrogens with one attached hydrogen (secondary N) is 1. The van der Waals surface area contributed by atoms with Gasteiger partial charge in [-0.25, -0.2) is 14.1 Å². The molecule has 2 atom stereocenters. The lowest BCUT2D eigenvalue weighted by Crippen LogP contribution is -2.39. The second-order valence-electron chi connectivity index (χ2n) is 8.20. The van der Waals surface area contributed by atoms with Gasteiger partial charge in [-0.05, 0) is 67.1 Å². The van der Waals surface area contributed by atoms with E-state index in [0.717, 1.165) is 22.2 Å². The molecule has 0 spiro atoms. The molecule has 3 aromatic carbocycles. The number of carbonyl (C=O) groups excluding carboxylic acids is 1. The summed E-state index contributed by atoms with van der Waals surface area (Å²) in [5.74, 6) is 0.590. The summed E-state index contributed by atoms with van der Waals surface area (Å²) < 4.78 is 31.8. The number of halogens is 1. The molecule has 0 fully saturated rings. The first-order valence-corrected chi connectivity index (χ1v) is 11.3. The summed E-state index contributed by atoms with van der Waals surface area (Å²) in [6, 6.07) is 18.8. The zero-order valence-corrected chi connectivity index (χ0v) is 19.6. The number of nitrogens with zero attached hydrogens (tertiary/aromatic N) is 3. The molecule has 0 aliphatic heterocycles. The summed E-state index contributed by atoms with van der Waals surface area (Å²) in [5.41, 5.74) is 2.60. The first kappa shape index (κ1) is 23.1. The number of methoxy groups -OCH3 is 1. The predicted octanol–water partition coefficient (Wildman–Crippen LogP) is 5.10. The molecule has 0 aliphatic rings. The van der Waals surface area contributed by atoms with Crippen LogP contribution in [-0.4, -0.2) is 33.8 Å². The standard InChI is InChI=1S/C27H23FN4O4/c1-17(31-27(33)24-15-35-16-29-24)26(18-4-3-5-22(12-18)34-2)36-23-10-11-25-19(13-23)14-30-32(25)21-8-6-20(28)7-9-21/h3-17,26H,1-2H3,(H,31,33). The summed E-state index contributed by atoms with van der Waals surface area (Å²) in [5, 5.41) is 8.23. The molecular weight excluding hydrogens is 463 g/mol. The third kappa shape index (κ3) is 4.76. The molecule has 9 heteroatoms. The van der Waals surface area contributed by atoms with Crippen LogP contribution in [-0.2, 0) is 0 Å². The lowest BCUT2D eigenvalue weighted by molar-refractivity contribution is 0.0877. The number of rotatable bonds is 8. The monoisotopic (exact) mass is 486 g/mol. The van der Waals surface area contributed by atoms with E-state index < -0.39 is 12.1 Å². The zero-order valence-electron chi connectivity index (χ0n) is 19.6. The number of aromatic nitrogens is 3. The molecule has 0 saturated carbocycles. The molecule has 36 heavy (non-hydrogen) atoms. The molecule has 2 aromatic heterocycles. The molecule has 0 bridgehead atoms. The highest BCUT2D eigenvalue weighted by atomic mass is 19.1. The summed E-state index contributed by atoms with van der Waals surface area (Å²) in [7, 11) is 1.59. The van der Waals surface area contributed by atoms with E-state index in [-0.39, 0.29) is 17.4 Å². The van der Waals surface area contributed by atoms with Crippen molar-refractivity contribution in [2.75, 3.05) is 7.11 Å². The van der Waals surface area contributed by atoms with Gasteiger partial charge in [0.2, 0.25) is 0 Å². The molecule has 5 rings (SSSR count). The Morgan fingerprint density at radius 3 is 2.67 bits per heavy atom. The summed E-state index contributed by atoms with van der Waals surface area (Å²) in [6.07, 6.45) is 3.68. The van der Waals surface area contributed by atoms with Crippen LogP contribution in [0.4, 0.5) is 4.39 Å². The first-order valence-electron chi connectivity index (χ1n) is 11.3. The first-order chi connectivity index (χ1) is 17.5. The molecule has 5 aromatic rings. The number of hydrogen-bond acceptors (Lipinski definition) is 6. The number of carbonyl (C=O) groups is 1. The van der Waals surface area contributed by atoms with Crippen LogP contribution in [0.15, 0.2) is 90.0 Å². The number of fused-ring (bicyclic) bond motifs is 1. The van der Waals surface area contributed by atoms with Crippen molar-refractivity contribution >= 4 is 16.8 Å². The maximum absolute atomic E-state index is 13.3. The average molecular weight is 487 g/mol. The Labute approximate surface area is 206 Å². The van der Waals surface area contributed by atoms with Crippen LogP contribution in [0.1, 0.15) is 29.1 Å². The van der Waals surface area contributed by atoms with E-state index in [1.54, 1.807) is 30.1 Å². The fourth-order valence-corrected chi connectivity index (χ4v) is 3.98. The summed E-state index contributed by atoms with van der Waals surface area (Å²) in [6.45, 7) is 1.85. The van der Waals surface area contributed by atoms with E-state index >= 15 is 0 Å². The lowest BCUT2D eigenvalue weighted by atomic mass is 10.0. The van der Waals surface area contributed by atoms with Crippen molar-refractivity contribution in [1.29, 1.82) is 0 Å². The smallest absolute Gasteiger partial charge is 0.273 e. The van der Waals surface area contributed by atoms with Crippen molar-refractivity contribution in [2.24, 2.45) is 0 Å². The van der Waals surface area contributed by atoms with Gasteiger partial charge in [-0.2, -0.15) is 5.10 Å². The molecule has 0 radical (unpaired) electrons. The van der Waals surface area contributed by atoms with Crippen LogP contribution in [0.5, 0.6) is 11.5 Å². The van der Waals surface area contributed by atoms with E-state index in [9.17, 15) is 9.18 Å². The number of ether oxygens (including phenoxy) is 2. The summed E-state index contributed by atoms with van der Waals surface area (Å²) in [4.78, 5) is 16.5. The Kier molecular flexibility index (Phi) is 6.36. The second-order valence-corrected chi connectivity index (χ2v) is 8.20. The Morgan fingerprint density at radius 2 is 1.92 bits per heavy atom. The van der Waals surface area contributed by atoms with Crippen LogP contribution in [0.3, 0.4) is 0 Å². The minimum Gasteiger partial charge on any atom is -0.497 e. The Hall–Kier alpha value is -4.66. The minimum atomic E-state index is -0.541. The van der Waals surface area contributed by atoms with Crippen molar-refractivity contribution in [2.45, 2.75) is 19.1 Å². The van der Waals surface area contributed by atoms with Crippen molar-refractivity contribution in [3.05, 3.63) is 103 Å². The van der Waals surface area contributed by atoms with Gasteiger partial charge < -0.3 is 19.2 Å². The van der Waals surface area contributed by atoms with Crippen molar-refractivity contribution < 1.29 is 23.1 Å². The zero-order chi connectivity index (χ0) is 25.1. The highest BCUT2D eigenvalue weighted by Gasteiger charge is 2.25. The highest BCUT2D eigenvalue weighted by Crippen LogP contribution is 2.30. The maximum Gasteiger partial charge on any atom is 0.273 e. The molecule has 1 N–H and O–H groups in total. The normalized spacial score (nSPS) is 12.8. The van der Waals surface area contributed by atoms with Crippen molar-refractivity contribution in [3.63, 3.8) is 0 Å². The predicted molar refractivity (Wildman–Crippen MR) is 131 cm³/mol. The van der Waals surface area contributed by atoms with E-state index in [2.05, 4.69) is 15.4 Å². The Bertz CT molecular complexity index is 1480. The van der Waals surface area contributed by atoms with Gasteiger partial charge in [0.1, 0.15) is 29.7 Å². The second kappa shape index (κ2) is 9.91. The third-order valence-corrected chi connectivity index (χ3v) is 5.77. The molecular formula is C27H23FN4O4. The van der Waals surface area contributed by atoms with Crippen molar-refractivity contribution in [1.82, 2.24) is 20.1 Å². The molecule has 1 amide bonds. The van der Waals surface area contributed by atoms with Gasteiger partial charge in [0, 0.05) is 5.39 Å². The van der Waals surface area contributed by atoms with Gasteiger partial charge in [0.25, 0.3) is 5.91 Å². The van der Waals surface area contributed by atoms with Gasteiger partial charge >= 0.3 is 0 Å². The molecule has 0 aliphatic carbocycles. The highest BCUT2D eigenvalue weighted by molar-refractivity contribution is 5.92. The quantitative estimate of drug-likeness (QED) is 0.328. The fraction of sp³-hybridized carbons (Fsp3) is 0.148. The average Bonchev–Trinajstić information content (AvgIpc) is 3.58. The van der Waals surface area contributed by atoms with E-state index in [4.69, 9.17) is 13.9 Å². The maximum atomic E-state index is 13.3. The van der Waals surface area contributed by atoms with Gasteiger partial charge in [-0.15, -0.1) is 0 Å². The number of amides is 1. The summed E-state index contributed by atoms with van der Waals surface area (Å²) >= 11 is 0. The largest absolute Gasteiger partial charge is 0.497 e. The lowest BCUT2D eigenvalue weighted by Gasteiger charge is -2.26. The van der Waals surface area contributed by atoms with Crippen LogP contribution in [0.25, 0.3) is 16.6 Å².